The quantitative estimate of drug-likeness (QED) is 0.539. The van der Waals surface area contributed by atoms with E-state index in [1.807, 2.05) is 6.07 Å². The van der Waals surface area contributed by atoms with E-state index >= 15 is 0 Å². The number of hydrogen-bond donors (Lipinski definition) is 3. The van der Waals surface area contributed by atoms with Crippen molar-refractivity contribution in [3.8, 4) is 0 Å². The van der Waals surface area contributed by atoms with Crippen molar-refractivity contribution >= 4 is 11.6 Å². The number of rotatable bonds is 4. The minimum Gasteiger partial charge on any atom is -0.391 e. The molecule has 18 heavy (non-hydrogen) atoms. The first-order valence-electron chi connectivity index (χ1n) is 6.50. The van der Waals surface area contributed by atoms with Crippen LogP contribution in [-0.2, 0) is 6.42 Å². The van der Waals surface area contributed by atoms with Crippen LogP contribution in [0, 0.1) is 0 Å². The summed E-state index contributed by atoms with van der Waals surface area (Å²) in [6, 6.07) is 1.83. The van der Waals surface area contributed by atoms with Crippen LogP contribution in [0.2, 0.25) is 0 Å². The monoisotopic (exact) mass is 251 g/mol. The van der Waals surface area contributed by atoms with Gasteiger partial charge in [-0.1, -0.05) is 6.92 Å². The van der Waals surface area contributed by atoms with E-state index < -0.39 is 0 Å². The number of hydrogen-bond acceptors (Lipinski definition) is 6. The lowest BCUT2D eigenvalue weighted by atomic mass is 10.1. The van der Waals surface area contributed by atoms with Gasteiger partial charge >= 0.3 is 0 Å². The number of nitrogens with one attached hydrogen (secondary N) is 1. The average molecular weight is 251 g/mol. The zero-order valence-corrected chi connectivity index (χ0v) is 10.8. The Morgan fingerprint density at radius 2 is 2.39 bits per heavy atom. The van der Waals surface area contributed by atoms with Crippen molar-refractivity contribution in [1.29, 1.82) is 0 Å². The van der Waals surface area contributed by atoms with Gasteiger partial charge in [-0.05, 0) is 19.3 Å². The highest BCUT2D eigenvalue weighted by atomic mass is 16.3. The molecule has 1 fully saturated rings. The number of aromatic nitrogens is 2. The fraction of sp³-hybridized carbons (Fsp3) is 0.667. The SMILES string of the molecule is CCCc1nc(NN)cc(N2CCCC(O)C2)n1. The molecule has 2 rings (SSSR count). The molecule has 2 heterocycles. The van der Waals surface area contributed by atoms with Crippen LogP contribution in [0.15, 0.2) is 6.07 Å². The molecule has 1 atom stereocenters. The maximum Gasteiger partial charge on any atom is 0.145 e. The third-order valence-corrected chi connectivity index (χ3v) is 3.10. The molecule has 0 saturated carbocycles. The Hall–Kier alpha value is -1.40. The molecule has 0 bridgehead atoms. The van der Waals surface area contributed by atoms with Gasteiger partial charge in [-0.2, -0.15) is 0 Å². The van der Waals surface area contributed by atoms with Gasteiger partial charge in [0, 0.05) is 25.6 Å². The summed E-state index contributed by atoms with van der Waals surface area (Å²) in [6.45, 7) is 3.65. The summed E-state index contributed by atoms with van der Waals surface area (Å²) < 4.78 is 0. The van der Waals surface area contributed by atoms with Gasteiger partial charge in [-0.3, -0.25) is 0 Å². The molecule has 4 N–H and O–H groups in total. The van der Waals surface area contributed by atoms with Crippen LogP contribution in [0.25, 0.3) is 0 Å². The van der Waals surface area contributed by atoms with Gasteiger partial charge in [-0.25, -0.2) is 15.8 Å². The highest BCUT2D eigenvalue weighted by Gasteiger charge is 2.19. The molecular formula is C12H21N5O. The van der Waals surface area contributed by atoms with E-state index in [1.54, 1.807) is 0 Å². The average Bonchev–Trinajstić information content (AvgIpc) is 2.39. The molecule has 100 valence electrons. The van der Waals surface area contributed by atoms with Gasteiger partial charge in [0.15, 0.2) is 0 Å². The number of β-amino-alcohol motifs (C(OH)–C–C–N with tert-alkyl or cyclic N) is 1. The summed E-state index contributed by atoms with van der Waals surface area (Å²) in [6.07, 6.45) is 3.41. The first kappa shape index (κ1) is 13.0. The lowest BCUT2D eigenvalue weighted by molar-refractivity contribution is 0.154. The minimum absolute atomic E-state index is 0.266. The maximum atomic E-state index is 9.71. The predicted octanol–water partition coefficient (Wildman–Crippen LogP) is 0.676. The Kier molecular flexibility index (Phi) is 4.33. The van der Waals surface area contributed by atoms with Gasteiger partial charge < -0.3 is 15.4 Å². The van der Waals surface area contributed by atoms with Gasteiger partial charge in [0.1, 0.15) is 17.5 Å². The number of anilines is 2. The fourth-order valence-corrected chi connectivity index (χ4v) is 2.22. The van der Waals surface area contributed by atoms with Crippen molar-refractivity contribution in [1.82, 2.24) is 9.97 Å². The lowest BCUT2D eigenvalue weighted by Crippen LogP contribution is -2.39. The van der Waals surface area contributed by atoms with Crippen molar-refractivity contribution < 1.29 is 5.11 Å². The zero-order chi connectivity index (χ0) is 13.0. The van der Waals surface area contributed by atoms with Crippen LogP contribution in [0.5, 0.6) is 0 Å². The molecule has 1 aromatic rings. The maximum absolute atomic E-state index is 9.71. The summed E-state index contributed by atoms with van der Waals surface area (Å²) in [7, 11) is 0. The second-order valence-corrected chi connectivity index (χ2v) is 4.66. The Bertz CT molecular complexity index is 398. The molecule has 0 amide bonds. The highest BCUT2D eigenvalue weighted by Crippen LogP contribution is 2.20. The molecule has 1 unspecified atom stereocenters. The van der Waals surface area contributed by atoms with Crippen molar-refractivity contribution in [3.63, 3.8) is 0 Å². The van der Waals surface area contributed by atoms with E-state index in [2.05, 4.69) is 27.2 Å². The summed E-state index contributed by atoms with van der Waals surface area (Å²) in [5.41, 5.74) is 2.58. The largest absolute Gasteiger partial charge is 0.391 e. The second-order valence-electron chi connectivity index (χ2n) is 4.66. The summed E-state index contributed by atoms with van der Waals surface area (Å²) >= 11 is 0. The Morgan fingerprint density at radius 1 is 1.56 bits per heavy atom. The lowest BCUT2D eigenvalue weighted by Gasteiger charge is -2.31. The molecule has 1 aromatic heterocycles. The van der Waals surface area contributed by atoms with Crippen LogP contribution in [-0.4, -0.2) is 34.3 Å². The molecule has 0 aromatic carbocycles. The van der Waals surface area contributed by atoms with Gasteiger partial charge in [-0.15, -0.1) is 0 Å². The topological polar surface area (TPSA) is 87.3 Å². The first-order chi connectivity index (χ1) is 8.72. The van der Waals surface area contributed by atoms with E-state index in [-0.39, 0.29) is 6.10 Å². The number of nitrogens with two attached hydrogens (primary N) is 1. The minimum atomic E-state index is -0.266. The number of aryl methyl sites for hydroxylation is 1. The van der Waals surface area contributed by atoms with E-state index in [0.29, 0.717) is 12.4 Å². The third-order valence-electron chi connectivity index (χ3n) is 3.10. The zero-order valence-electron chi connectivity index (χ0n) is 10.8. The van der Waals surface area contributed by atoms with Crippen LogP contribution >= 0.6 is 0 Å². The number of aliphatic hydroxyl groups excluding tert-OH is 1. The molecule has 1 saturated heterocycles. The standard InChI is InChI=1S/C12H21N5O/c1-2-4-10-14-11(16-13)7-12(15-10)17-6-3-5-9(18)8-17/h7,9,18H,2-6,8,13H2,1H3,(H,14,15,16). The second kappa shape index (κ2) is 5.97. The molecule has 0 spiro atoms. The molecule has 6 nitrogen and oxygen atoms in total. The number of nitrogen functional groups attached to an aromatic ring is 1. The fourth-order valence-electron chi connectivity index (χ4n) is 2.22. The molecule has 1 aliphatic rings. The van der Waals surface area contributed by atoms with Gasteiger partial charge in [0.2, 0.25) is 0 Å². The summed E-state index contributed by atoms with van der Waals surface area (Å²) in [4.78, 5) is 10.9. The van der Waals surface area contributed by atoms with E-state index in [9.17, 15) is 5.11 Å². The van der Waals surface area contributed by atoms with Gasteiger partial charge in [0.25, 0.3) is 0 Å². The molecule has 0 aliphatic carbocycles. The van der Waals surface area contributed by atoms with E-state index in [4.69, 9.17) is 5.84 Å². The third kappa shape index (κ3) is 3.08. The van der Waals surface area contributed by atoms with Crippen LogP contribution in [0.4, 0.5) is 11.6 Å². The molecule has 0 radical (unpaired) electrons. The van der Waals surface area contributed by atoms with Crippen molar-refractivity contribution in [3.05, 3.63) is 11.9 Å². The number of piperidine rings is 1. The number of aliphatic hydroxyl groups is 1. The van der Waals surface area contributed by atoms with Crippen LogP contribution in [0.3, 0.4) is 0 Å². The van der Waals surface area contributed by atoms with E-state index in [0.717, 1.165) is 43.9 Å². The van der Waals surface area contributed by atoms with Crippen LogP contribution < -0.4 is 16.2 Å². The number of nitrogens with zero attached hydrogens (tertiary/aromatic N) is 3. The van der Waals surface area contributed by atoms with Crippen molar-refractivity contribution in [2.24, 2.45) is 5.84 Å². The van der Waals surface area contributed by atoms with Gasteiger partial charge in [0.05, 0.1) is 6.10 Å². The van der Waals surface area contributed by atoms with Crippen molar-refractivity contribution in [2.75, 3.05) is 23.4 Å². The Labute approximate surface area is 107 Å². The number of hydrazine groups is 1. The van der Waals surface area contributed by atoms with Crippen molar-refractivity contribution in [2.45, 2.75) is 38.7 Å². The summed E-state index contributed by atoms with van der Waals surface area (Å²) in [5.74, 6) is 7.70. The molecular weight excluding hydrogens is 230 g/mol. The smallest absolute Gasteiger partial charge is 0.145 e. The molecule has 1 aliphatic heterocycles. The highest BCUT2D eigenvalue weighted by molar-refractivity contribution is 5.49. The van der Waals surface area contributed by atoms with Crippen LogP contribution in [0.1, 0.15) is 32.0 Å². The Morgan fingerprint density at radius 3 is 3.06 bits per heavy atom. The Balaban J connectivity index is 2.22. The first-order valence-corrected chi connectivity index (χ1v) is 6.50. The molecule has 6 heteroatoms. The normalized spacial score (nSPS) is 19.9. The predicted molar refractivity (Wildman–Crippen MR) is 71.3 cm³/mol. The summed E-state index contributed by atoms with van der Waals surface area (Å²) in [5, 5.41) is 9.71. The van der Waals surface area contributed by atoms with E-state index in [1.165, 1.54) is 0 Å².